The molecule has 0 unspecified atom stereocenters. The fraction of sp³-hybridized carbons (Fsp3) is 0.0667. The molecule has 0 N–H and O–H groups in total. The molecule has 3 nitrogen and oxygen atoms in total. The van der Waals surface area contributed by atoms with Crippen molar-refractivity contribution >= 4 is 0 Å². The van der Waals surface area contributed by atoms with E-state index in [1.54, 1.807) is 36.4 Å². The molecule has 0 heterocycles. The van der Waals surface area contributed by atoms with E-state index < -0.39 is 0 Å². The number of aryl methyl sites for hydroxylation is 1. The Morgan fingerprint density at radius 2 is 1.56 bits per heavy atom. The standard InChI is InChI=1S/C15H10N2O/c1-11-8-15(7-4-13(11)10-17)18-14-5-2-12(9-16)3-6-14/h2-8H,1H3. The van der Waals surface area contributed by atoms with E-state index >= 15 is 0 Å². The van der Waals surface area contributed by atoms with Crippen LogP contribution in [0.1, 0.15) is 16.7 Å². The summed E-state index contributed by atoms with van der Waals surface area (Å²) in [6, 6.07) is 16.3. The molecule has 3 heteroatoms. The number of hydrogen-bond donors (Lipinski definition) is 0. The quantitative estimate of drug-likeness (QED) is 0.798. The average molecular weight is 234 g/mol. The lowest BCUT2D eigenvalue weighted by Crippen LogP contribution is -1.87. The zero-order valence-corrected chi connectivity index (χ0v) is 9.84. The first kappa shape index (κ1) is 11.7. The maximum Gasteiger partial charge on any atom is 0.127 e. The van der Waals surface area contributed by atoms with Crippen LogP contribution in [0.25, 0.3) is 0 Å². The zero-order chi connectivity index (χ0) is 13.0. The Morgan fingerprint density at radius 3 is 2.11 bits per heavy atom. The van der Waals surface area contributed by atoms with Crippen LogP contribution in [0.3, 0.4) is 0 Å². The van der Waals surface area contributed by atoms with Crippen molar-refractivity contribution in [3.8, 4) is 23.6 Å². The van der Waals surface area contributed by atoms with E-state index in [2.05, 4.69) is 12.1 Å². The normalized spacial score (nSPS) is 9.28. The molecule has 18 heavy (non-hydrogen) atoms. The van der Waals surface area contributed by atoms with Gasteiger partial charge in [-0.05, 0) is 55.0 Å². The second kappa shape index (κ2) is 5.03. The van der Waals surface area contributed by atoms with Crippen molar-refractivity contribution in [2.24, 2.45) is 0 Å². The van der Waals surface area contributed by atoms with Gasteiger partial charge in [-0.2, -0.15) is 10.5 Å². The highest BCUT2D eigenvalue weighted by atomic mass is 16.5. The van der Waals surface area contributed by atoms with Gasteiger partial charge in [0.15, 0.2) is 0 Å². The van der Waals surface area contributed by atoms with Crippen molar-refractivity contribution < 1.29 is 4.74 Å². The molecule has 0 fully saturated rings. The van der Waals surface area contributed by atoms with Crippen LogP contribution in [-0.2, 0) is 0 Å². The van der Waals surface area contributed by atoms with Crippen molar-refractivity contribution in [3.05, 3.63) is 59.2 Å². The molecule has 0 radical (unpaired) electrons. The van der Waals surface area contributed by atoms with Crippen molar-refractivity contribution in [1.82, 2.24) is 0 Å². The van der Waals surface area contributed by atoms with Gasteiger partial charge in [0.1, 0.15) is 11.5 Å². The van der Waals surface area contributed by atoms with E-state index in [0.29, 0.717) is 22.6 Å². The molecule has 0 aliphatic rings. The minimum Gasteiger partial charge on any atom is -0.457 e. The maximum absolute atomic E-state index is 8.84. The summed E-state index contributed by atoms with van der Waals surface area (Å²) < 4.78 is 5.64. The van der Waals surface area contributed by atoms with E-state index in [1.807, 2.05) is 13.0 Å². The number of benzene rings is 2. The van der Waals surface area contributed by atoms with Crippen LogP contribution in [0.2, 0.25) is 0 Å². The summed E-state index contributed by atoms with van der Waals surface area (Å²) in [7, 11) is 0. The van der Waals surface area contributed by atoms with Gasteiger partial charge in [0.2, 0.25) is 0 Å². The van der Waals surface area contributed by atoms with Gasteiger partial charge in [0, 0.05) is 0 Å². The molecule has 0 atom stereocenters. The molecule has 0 aliphatic heterocycles. The largest absolute Gasteiger partial charge is 0.457 e. The fourth-order valence-electron chi connectivity index (χ4n) is 1.56. The summed E-state index contributed by atoms with van der Waals surface area (Å²) in [5, 5.41) is 17.5. The highest BCUT2D eigenvalue weighted by Crippen LogP contribution is 2.23. The number of nitriles is 2. The third-order valence-electron chi connectivity index (χ3n) is 2.54. The Labute approximate surface area is 105 Å². The second-order valence-corrected chi connectivity index (χ2v) is 3.83. The van der Waals surface area contributed by atoms with Gasteiger partial charge in [-0.15, -0.1) is 0 Å². The first-order valence-electron chi connectivity index (χ1n) is 5.41. The van der Waals surface area contributed by atoms with Gasteiger partial charge in [-0.3, -0.25) is 0 Å². The van der Waals surface area contributed by atoms with Crippen LogP contribution in [-0.4, -0.2) is 0 Å². The lowest BCUT2D eigenvalue weighted by molar-refractivity contribution is 0.482. The van der Waals surface area contributed by atoms with Crippen LogP contribution in [0, 0.1) is 29.6 Å². The van der Waals surface area contributed by atoms with E-state index in [4.69, 9.17) is 15.3 Å². The van der Waals surface area contributed by atoms with E-state index in [9.17, 15) is 0 Å². The molecule has 0 aromatic heterocycles. The minimum absolute atomic E-state index is 0.596. The lowest BCUT2D eigenvalue weighted by Gasteiger charge is -2.07. The van der Waals surface area contributed by atoms with Crippen LogP contribution >= 0.6 is 0 Å². The van der Waals surface area contributed by atoms with E-state index in [1.165, 1.54) is 0 Å². The van der Waals surface area contributed by atoms with Crippen molar-refractivity contribution in [3.63, 3.8) is 0 Å². The van der Waals surface area contributed by atoms with Crippen LogP contribution < -0.4 is 4.74 Å². The maximum atomic E-state index is 8.84. The third kappa shape index (κ3) is 2.48. The summed E-state index contributed by atoms with van der Waals surface area (Å²) in [5.74, 6) is 1.34. The lowest BCUT2D eigenvalue weighted by atomic mass is 10.1. The van der Waals surface area contributed by atoms with Crippen molar-refractivity contribution in [1.29, 1.82) is 10.5 Å². The predicted molar refractivity (Wildman–Crippen MR) is 67.1 cm³/mol. The SMILES string of the molecule is Cc1cc(Oc2ccc(C#N)cc2)ccc1C#N. The second-order valence-electron chi connectivity index (χ2n) is 3.83. The zero-order valence-electron chi connectivity index (χ0n) is 9.84. The molecule has 2 aromatic carbocycles. The number of rotatable bonds is 2. The fourth-order valence-corrected chi connectivity index (χ4v) is 1.56. The van der Waals surface area contributed by atoms with Gasteiger partial charge in [0.05, 0.1) is 23.3 Å². The smallest absolute Gasteiger partial charge is 0.127 e. The van der Waals surface area contributed by atoms with Gasteiger partial charge in [-0.25, -0.2) is 0 Å². The van der Waals surface area contributed by atoms with Crippen LogP contribution in [0.4, 0.5) is 0 Å². The average Bonchev–Trinajstić information content (AvgIpc) is 2.40. The topological polar surface area (TPSA) is 56.8 Å². The molecule has 0 saturated carbocycles. The molecule has 2 rings (SSSR count). The van der Waals surface area contributed by atoms with Crippen LogP contribution in [0.15, 0.2) is 42.5 Å². The molecular formula is C15H10N2O. The molecular weight excluding hydrogens is 224 g/mol. The first-order chi connectivity index (χ1) is 8.72. The molecule has 0 bridgehead atoms. The number of hydrogen-bond acceptors (Lipinski definition) is 3. The molecule has 0 amide bonds. The predicted octanol–water partition coefficient (Wildman–Crippen LogP) is 3.53. The molecule has 0 saturated heterocycles. The Morgan fingerprint density at radius 1 is 0.889 bits per heavy atom. The van der Waals surface area contributed by atoms with E-state index in [0.717, 1.165) is 5.56 Å². The van der Waals surface area contributed by atoms with Crippen molar-refractivity contribution in [2.45, 2.75) is 6.92 Å². The van der Waals surface area contributed by atoms with Gasteiger partial charge in [0.25, 0.3) is 0 Å². The summed E-state index contributed by atoms with van der Waals surface area (Å²) in [4.78, 5) is 0. The number of ether oxygens (including phenoxy) is 1. The number of nitrogens with zero attached hydrogens (tertiary/aromatic N) is 2. The Balaban J connectivity index is 2.21. The Bertz CT molecular complexity index is 646. The minimum atomic E-state index is 0.596. The Hall–Kier alpha value is -2.78. The van der Waals surface area contributed by atoms with Crippen LogP contribution in [0.5, 0.6) is 11.5 Å². The molecule has 86 valence electrons. The van der Waals surface area contributed by atoms with Gasteiger partial charge < -0.3 is 4.74 Å². The molecule has 2 aromatic rings. The van der Waals surface area contributed by atoms with Gasteiger partial charge in [-0.1, -0.05) is 0 Å². The summed E-state index contributed by atoms with van der Waals surface area (Å²) in [6.45, 7) is 1.87. The van der Waals surface area contributed by atoms with E-state index in [-0.39, 0.29) is 0 Å². The first-order valence-corrected chi connectivity index (χ1v) is 5.41. The highest BCUT2D eigenvalue weighted by Gasteiger charge is 2.01. The molecule has 0 aliphatic carbocycles. The third-order valence-corrected chi connectivity index (χ3v) is 2.54. The monoisotopic (exact) mass is 234 g/mol. The highest BCUT2D eigenvalue weighted by molar-refractivity contribution is 5.44. The van der Waals surface area contributed by atoms with Crippen molar-refractivity contribution in [2.75, 3.05) is 0 Å². The van der Waals surface area contributed by atoms with Gasteiger partial charge >= 0.3 is 0 Å². The molecule has 0 spiro atoms. The summed E-state index contributed by atoms with van der Waals surface area (Å²) >= 11 is 0. The summed E-state index contributed by atoms with van der Waals surface area (Å²) in [5.41, 5.74) is 2.11. The summed E-state index contributed by atoms with van der Waals surface area (Å²) in [6.07, 6.45) is 0. The Kier molecular flexibility index (Phi) is 3.27.